The third-order valence-corrected chi connectivity index (χ3v) is 5.49. The average Bonchev–Trinajstić information content (AvgIpc) is 3.22. The Bertz CT molecular complexity index is 930. The molecule has 1 amide bonds. The number of halogens is 1. The molecule has 24 heavy (non-hydrogen) atoms. The van der Waals surface area contributed by atoms with Gasteiger partial charge in [-0.1, -0.05) is 17.7 Å². The molecule has 0 fully saturated rings. The standard InChI is InChI=1S/C17H17ClN4OS/c1-21-17(13-9-24-10-14(13)20-21)19-16(23)5-7-22-6-4-11-2-3-12(18)8-15(11)22/h2-4,6,8H,5,7,9-10H2,1H3,(H,19,23). The van der Waals surface area contributed by atoms with Crippen LogP contribution in [0, 0.1) is 0 Å². The molecule has 0 bridgehead atoms. The van der Waals surface area contributed by atoms with Crippen LogP contribution in [-0.2, 0) is 29.9 Å². The molecule has 0 spiro atoms. The van der Waals surface area contributed by atoms with Crippen LogP contribution in [0.4, 0.5) is 5.82 Å². The van der Waals surface area contributed by atoms with Gasteiger partial charge in [0, 0.05) is 53.8 Å². The molecule has 3 aromatic rings. The number of carbonyl (C=O) groups is 1. The molecule has 0 aliphatic carbocycles. The molecule has 4 rings (SSSR count). The minimum absolute atomic E-state index is 0.00146. The molecule has 1 aromatic carbocycles. The highest BCUT2D eigenvalue weighted by Gasteiger charge is 2.22. The molecule has 7 heteroatoms. The highest BCUT2D eigenvalue weighted by molar-refractivity contribution is 7.98. The number of nitrogens with one attached hydrogen (secondary N) is 1. The summed E-state index contributed by atoms with van der Waals surface area (Å²) in [5, 5.41) is 9.32. The molecule has 124 valence electrons. The summed E-state index contributed by atoms with van der Waals surface area (Å²) in [5.74, 6) is 2.68. The second-order valence-corrected chi connectivity index (χ2v) is 7.32. The van der Waals surface area contributed by atoms with Crippen molar-refractivity contribution in [2.24, 2.45) is 7.05 Å². The maximum atomic E-state index is 12.4. The fourth-order valence-electron chi connectivity index (χ4n) is 3.07. The Morgan fingerprint density at radius 1 is 1.38 bits per heavy atom. The van der Waals surface area contributed by atoms with Crippen molar-refractivity contribution in [2.45, 2.75) is 24.5 Å². The summed E-state index contributed by atoms with van der Waals surface area (Å²) in [4.78, 5) is 12.4. The number of amides is 1. The minimum Gasteiger partial charge on any atom is -0.347 e. The second kappa shape index (κ2) is 6.18. The topological polar surface area (TPSA) is 51.9 Å². The first-order valence-corrected chi connectivity index (χ1v) is 9.32. The Morgan fingerprint density at radius 3 is 3.12 bits per heavy atom. The van der Waals surface area contributed by atoms with Crippen LogP contribution in [0.25, 0.3) is 10.9 Å². The van der Waals surface area contributed by atoms with Gasteiger partial charge in [-0.2, -0.15) is 16.9 Å². The largest absolute Gasteiger partial charge is 0.347 e. The van der Waals surface area contributed by atoms with E-state index in [4.69, 9.17) is 11.6 Å². The van der Waals surface area contributed by atoms with Gasteiger partial charge < -0.3 is 9.88 Å². The van der Waals surface area contributed by atoms with Crippen LogP contribution in [0.2, 0.25) is 5.02 Å². The lowest BCUT2D eigenvalue weighted by molar-refractivity contribution is -0.116. The molecule has 0 saturated heterocycles. The van der Waals surface area contributed by atoms with E-state index in [2.05, 4.69) is 15.0 Å². The van der Waals surface area contributed by atoms with E-state index in [1.165, 1.54) is 0 Å². The lowest BCUT2D eigenvalue weighted by atomic mass is 10.2. The van der Waals surface area contributed by atoms with Gasteiger partial charge in [0.15, 0.2) is 0 Å². The first kappa shape index (κ1) is 15.6. The van der Waals surface area contributed by atoms with E-state index >= 15 is 0 Å². The molecular weight excluding hydrogens is 344 g/mol. The molecule has 2 aromatic heterocycles. The number of benzene rings is 1. The first-order valence-electron chi connectivity index (χ1n) is 7.78. The SMILES string of the molecule is Cn1nc2c(c1NC(=O)CCn1ccc3ccc(Cl)cc31)CSC2. The van der Waals surface area contributed by atoms with Crippen molar-refractivity contribution >= 4 is 46.0 Å². The van der Waals surface area contributed by atoms with Gasteiger partial charge in [-0.15, -0.1) is 0 Å². The number of rotatable bonds is 4. The number of hydrogen-bond donors (Lipinski definition) is 1. The number of aryl methyl sites for hydroxylation is 2. The van der Waals surface area contributed by atoms with E-state index in [1.807, 2.05) is 49.3 Å². The van der Waals surface area contributed by atoms with Gasteiger partial charge in [0.2, 0.25) is 5.91 Å². The Kier molecular flexibility index (Phi) is 4.02. The van der Waals surface area contributed by atoms with E-state index in [0.29, 0.717) is 18.0 Å². The number of anilines is 1. The average molecular weight is 361 g/mol. The summed E-state index contributed by atoms with van der Waals surface area (Å²) < 4.78 is 3.83. The van der Waals surface area contributed by atoms with E-state index in [9.17, 15) is 4.79 Å². The van der Waals surface area contributed by atoms with Crippen LogP contribution in [0.15, 0.2) is 30.5 Å². The van der Waals surface area contributed by atoms with Gasteiger partial charge in [-0.05, 0) is 23.6 Å². The molecular formula is C17H17ClN4OS. The van der Waals surface area contributed by atoms with Gasteiger partial charge in [0.25, 0.3) is 0 Å². The normalized spacial score (nSPS) is 13.4. The quantitative estimate of drug-likeness (QED) is 0.769. The maximum Gasteiger partial charge on any atom is 0.227 e. The Labute approximate surface area is 149 Å². The smallest absolute Gasteiger partial charge is 0.227 e. The predicted octanol–water partition coefficient (Wildman–Crippen LogP) is 3.80. The minimum atomic E-state index is 0.00146. The van der Waals surface area contributed by atoms with Crippen LogP contribution in [0.5, 0.6) is 0 Å². The van der Waals surface area contributed by atoms with Gasteiger partial charge in [-0.3, -0.25) is 9.48 Å². The summed E-state index contributed by atoms with van der Waals surface area (Å²) in [7, 11) is 1.88. The highest BCUT2D eigenvalue weighted by Crippen LogP contribution is 2.34. The molecule has 1 aliphatic rings. The lowest BCUT2D eigenvalue weighted by Gasteiger charge is -2.09. The van der Waals surface area contributed by atoms with Crippen molar-refractivity contribution in [2.75, 3.05) is 5.32 Å². The number of carbonyl (C=O) groups excluding carboxylic acids is 1. The van der Waals surface area contributed by atoms with Crippen LogP contribution in [0.3, 0.4) is 0 Å². The predicted molar refractivity (Wildman–Crippen MR) is 98.4 cm³/mol. The monoisotopic (exact) mass is 360 g/mol. The highest BCUT2D eigenvalue weighted by atomic mass is 35.5. The zero-order valence-electron chi connectivity index (χ0n) is 13.3. The fraction of sp³-hybridized carbons (Fsp3) is 0.294. The van der Waals surface area contributed by atoms with Crippen LogP contribution in [0.1, 0.15) is 17.7 Å². The number of thioether (sulfide) groups is 1. The van der Waals surface area contributed by atoms with Crippen molar-refractivity contribution in [3.8, 4) is 0 Å². The van der Waals surface area contributed by atoms with E-state index in [-0.39, 0.29) is 5.91 Å². The molecule has 0 unspecified atom stereocenters. The molecule has 1 N–H and O–H groups in total. The third kappa shape index (κ3) is 2.80. The summed E-state index contributed by atoms with van der Waals surface area (Å²) in [6.45, 7) is 0.616. The molecule has 1 aliphatic heterocycles. The van der Waals surface area contributed by atoms with Gasteiger partial charge in [0.1, 0.15) is 5.82 Å². The number of hydrogen-bond acceptors (Lipinski definition) is 3. The van der Waals surface area contributed by atoms with Crippen LogP contribution in [-0.4, -0.2) is 20.3 Å². The van der Waals surface area contributed by atoms with Crippen molar-refractivity contribution in [3.05, 3.63) is 46.7 Å². The molecule has 0 saturated carbocycles. The van der Waals surface area contributed by atoms with Crippen molar-refractivity contribution in [1.29, 1.82) is 0 Å². The Morgan fingerprint density at radius 2 is 2.25 bits per heavy atom. The van der Waals surface area contributed by atoms with Gasteiger partial charge in [-0.25, -0.2) is 0 Å². The van der Waals surface area contributed by atoms with E-state index < -0.39 is 0 Å². The first-order chi connectivity index (χ1) is 11.6. The van der Waals surface area contributed by atoms with E-state index in [0.717, 1.165) is 39.5 Å². The number of aromatic nitrogens is 3. The zero-order valence-corrected chi connectivity index (χ0v) is 14.8. The van der Waals surface area contributed by atoms with Crippen molar-refractivity contribution < 1.29 is 4.79 Å². The molecule has 5 nitrogen and oxygen atoms in total. The summed E-state index contributed by atoms with van der Waals surface area (Å²) in [6.07, 6.45) is 2.40. The summed E-state index contributed by atoms with van der Waals surface area (Å²) in [6, 6.07) is 7.83. The summed E-state index contributed by atoms with van der Waals surface area (Å²) in [5.41, 5.74) is 3.30. The zero-order chi connectivity index (χ0) is 16.7. The number of nitrogens with zero attached hydrogens (tertiary/aromatic N) is 3. The van der Waals surface area contributed by atoms with Crippen molar-refractivity contribution in [3.63, 3.8) is 0 Å². The van der Waals surface area contributed by atoms with Gasteiger partial charge in [0.05, 0.1) is 5.69 Å². The molecule has 3 heterocycles. The fourth-order valence-corrected chi connectivity index (χ4v) is 4.27. The lowest BCUT2D eigenvalue weighted by Crippen LogP contribution is -2.17. The Balaban J connectivity index is 1.46. The molecule has 0 radical (unpaired) electrons. The Hall–Kier alpha value is -1.92. The third-order valence-electron chi connectivity index (χ3n) is 4.29. The van der Waals surface area contributed by atoms with Crippen LogP contribution >= 0.6 is 23.4 Å². The number of fused-ring (bicyclic) bond motifs is 2. The van der Waals surface area contributed by atoms with E-state index in [1.54, 1.807) is 4.68 Å². The maximum absolute atomic E-state index is 12.4. The summed E-state index contributed by atoms with van der Waals surface area (Å²) >= 11 is 7.90. The van der Waals surface area contributed by atoms with Crippen LogP contribution < -0.4 is 5.32 Å². The van der Waals surface area contributed by atoms with Gasteiger partial charge >= 0.3 is 0 Å². The molecule has 0 atom stereocenters. The second-order valence-electron chi connectivity index (χ2n) is 5.90. The van der Waals surface area contributed by atoms with Crippen molar-refractivity contribution in [1.82, 2.24) is 14.3 Å².